The second-order valence-electron chi connectivity index (χ2n) is 20.5. The molecule has 1 aromatic heterocycles. The summed E-state index contributed by atoms with van der Waals surface area (Å²) >= 11 is 0. The number of rotatable bonds is 10. The van der Waals surface area contributed by atoms with E-state index in [1.54, 1.807) is 6.07 Å². The summed E-state index contributed by atoms with van der Waals surface area (Å²) in [6.07, 6.45) is 0. The second kappa shape index (κ2) is 18.7. The Morgan fingerprint density at radius 2 is 0.883 bits per heavy atom. The molecule has 0 amide bonds. The Bertz CT molecular complexity index is 4360. The molecule has 14 rings (SSSR count). The highest BCUT2D eigenvalue weighted by Crippen LogP contribution is 2.48. The number of nitrogens with zero attached hydrogens (tertiary/aromatic N) is 2. The van der Waals surface area contributed by atoms with Gasteiger partial charge in [0.25, 0.3) is 0 Å². The molecule has 0 bridgehead atoms. The Kier molecular flexibility index (Phi) is 11.2. The van der Waals surface area contributed by atoms with Crippen LogP contribution in [0.25, 0.3) is 88.3 Å². The molecule has 77 heavy (non-hydrogen) atoms. The largest absolute Gasteiger partial charge is 0.454 e. The smallest absolute Gasteiger partial charge is 0.159 e. The SMILES string of the molecule is C[Si]1(C)c2cc(N(c3ccccc3)c3c(F)cc(-c4ccccc4)cc3-c3ccccc3)ccc2-c2ccc(-c3ccc(N(c4ccccc4-c4ccccc4)c4cccc5c4oc4ccccc45)cc3)c3cccc1c23. The fourth-order valence-electron chi connectivity index (χ4n) is 12.1. The number of benzene rings is 12. The van der Waals surface area contributed by atoms with Gasteiger partial charge in [-0.1, -0.05) is 219 Å². The average molecular weight is 1010 g/mol. The van der Waals surface area contributed by atoms with E-state index < -0.39 is 8.07 Å². The van der Waals surface area contributed by atoms with Gasteiger partial charge in [0.1, 0.15) is 19.5 Å². The Morgan fingerprint density at radius 1 is 0.338 bits per heavy atom. The number of fused-ring (bicyclic) bond motifs is 5. The van der Waals surface area contributed by atoms with Crippen molar-refractivity contribution in [2.24, 2.45) is 0 Å². The Hall–Kier alpha value is -9.55. The molecule has 3 nitrogen and oxygen atoms in total. The number of halogens is 1. The molecule has 0 radical (unpaired) electrons. The molecule has 366 valence electrons. The molecule has 0 saturated carbocycles. The second-order valence-corrected chi connectivity index (χ2v) is 24.8. The molecule has 13 aromatic rings. The van der Waals surface area contributed by atoms with Crippen LogP contribution in [-0.4, -0.2) is 8.07 Å². The molecule has 1 aliphatic rings. The van der Waals surface area contributed by atoms with Gasteiger partial charge in [-0.05, 0) is 132 Å². The first kappa shape index (κ1) is 46.0. The van der Waals surface area contributed by atoms with E-state index in [9.17, 15) is 0 Å². The molecule has 0 unspecified atom stereocenters. The summed E-state index contributed by atoms with van der Waals surface area (Å²) in [7, 11) is -2.41. The zero-order chi connectivity index (χ0) is 51.6. The number of furan rings is 1. The number of anilines is 6. The van der Waals surface area contributed by atoms with E-state index in [2.05, 4.69) is 211 Å². The molecule has 2 heterocycles. The number of hydrogen-bond donors (Lipinski definition) is 0. The van der Waals surface area contributed by atoms with Gasteiger partial charge in [0.05, 0.1) is 17.1 Å². The third-order valence-corrected chi connectivity index (χ3v) is 19.2. The zero-order valence-electron chi connectivity index (χ0n) is 42.7. The van der Waals surface area contributed by atoms with Gasteiger partial charge in [-0.2, -0.15) is 0 Å². The monoisotopic (exact) mass is 1010 g/mol. The third kappa shape index (κ3) is 7.77. The first-order valence-corrected chi connectivity index (χ1v) is 29.3. The summed E-state index contributed by atoms with van der Waals surface area (Å²) in [4.78, 5) is 4.47. The quantitative estimate of drug-likeness (QED) is 0.127. The fourth-order valence-corrected chi connectivity index (χ4v) is 15.2. The lowest BCUT2D eigenvalue weighted by Crippen LogP contribution is -2.56. The average Bonchev–Trinajstić information content (AvgIpc) is 3.99. The van der Waals surface area contributed by atoms with E-state index in [0.29, 0.717) is 5.69 Å². The molecule has 5 heteroatoms. The van der Waals surface area contributed by atoms with Gasteiger partial charge in [0, 0.05) is 39.0 Å². The first-order chi connectivity index (χ1) is 37.9. The van der Waals surface area contributed by atoms with E-state index in [-0.39, 0.29) is 5.82 Å². The molecule has 0 saturated heterocycles. The van der Waals surface area contributed by atoms with Crippen LogP contribution in [0.2, 0.25) is 13.1 Å². The summed E-state index contributed by atoms with van der Waals surface area (Å²) in [5.74, 6) is -0.285. The molecular formula is C72H51FN2OSi. The van der Waals surface area contributed by atoms with Crippen molar-refractivity contribution in [1.29, 1.82) is 0 Å². The lowest BCUT2D eigenvalue weighted by atomic mass is 9.91. The van der Waals surface area contributed by atoms with E-state index in [1.807, 2.05) is 78.9 Å². The molecule has 0 atom stereocenters. The summed E-state index contributed by atoms with van der Waals surface area (Å²) in [5, 5.41) is 7.45. The molecule has 0 N–H and O–H groups in total. The highest BCUT2D eigenvalue weighted by Gasteiger charge is 2.37. The van der Waals surface area contributed by atoms with Gasteiger partial charge >= 0.3 is 0 Å². The lowest BCUT2D eigenvalue weighted by molar-refractivity contribution is 0.630. The van der Waals surface area contributed by atoms with Crippen LogP contribution >= 0.6 is 0 Å². The number of para-hydroxylation sites is 4. The van der Waals surface area contributed by atoms with Crippen molar-refractivity contribution in [3.8, 4) is 55.6 Å². The maximum absolute atomic E-state index is 17.5. The van der Waals surface area contributed by atoms with Crippen LogP contribution in [0.15, 0.2) is 277 Å². The van der Waals surface area contributed by atoms with Crippen molar-refractivity contribution >= 4 is 85.3 Å². The fraction of sp³-hybridized carbons (Fsp3) is 0.0278. The van der Waals surface area contributed by atoms with Crippen LogP contribution in [0.3, 0.4) is 0 Å². The maximum atomic E-state index is 17.5. The van der Waals surface area contributed by atoms with Crippen molar-refractivity contribution < 1.29 is 8.81 Å². The molecule has 1 aliphatic heterocycles. The lowest BCUT2D eigenvalue weighted by Gasteiger charge is -2.36. The van der Waals surface area contributed by atoms with Crippen molar-refractivity contribution in [1.82, 2.24) is 0 Å². The van der Waals surface area contributed by atoms with Gasteiger partial charge < -0.3 is 14.2 Å². The van der Waals surface area contributed by atoms with Crippen LogP contribution < -0.4 is 20.2 Å². The van der Waals surface area contributed by atoms with E-state index >= 15 is 4.39 Å². The van der Waals surface area contributed by atoms with Crippen LogP contribution in [0.4, 0.5) is 38.5 Å². The van der Waals surface area contributed by atoms with Gasteiger partial charge in [-0.3, -0.25) is 0 Å². The molecule has 0 spiro atoms. The van der Waals surface area contributed by atoms with Crippen LogP contribution in [0, 0.1) is 5.82 Å². The predicted molar refractivity (Wildman–Crippen MR) is 324 cm³/mol. The van der Waals surface area contributed by atoms with E-state index in [0.717, 1.165) is 89.3 Å². The van der Waals surface area contributed by atoms with E-state index in [1.165, 1.54) is 37.8 Å². The molecule has 0 aliphatic carbocycles. The van der Waals surface area contributed by atoms with Crippen LogP contribution in [-0.2, 0) is 0 Å². The van der Waals surface area contributed by atoms with Crippen LogP contribution in [0.5, 0.6) is 0 Å². The van der Waals surface area contributed by atoms with Gasteiger partial charge in [0.2, 0.25) is 0 Å². The molecule has 0 fully saturated rings. The third-order valence-electron chi connectivity index (χ3n) is 15.7. The summed E-state index contributed by atoms with van der Waals surface area (Å²) < 4.78 is 24.2. The predicted octanol–water partition coefficient (Wildman–Crippen LogP) is 19.3. The van der Waals surface area contributed by atoms with Crippen molar-refractivity contribution in [3.63, 3.8) is 0 Å². The summed E-state index contributed by atoms with van der Waals surface area (Å²) in [5.41, 5.74) is 17.7. The maximum Gasteiger partial charge on any atom is 0.159 e. The Labute approximate surface area is 449 Å². The topological polar surface area (TPSA) is 19.6 Å². The van der Waals surface area contributed by atoms with Crippen molar-refractivity contribution in [2.75, 3.05) is 9.80 Å². The van der Waals surface area contributed by atoms with E-state index in [4.69, 9.17) is 4.42 Å². The standard InChI is InChI=1S/C72H51FN2OSi/c1-77(2)68-36-20-31-60-56(51-37-39-54(40-38-51)75(65-33-17-15-29-57(65)49-23-9-4-10-24-49)66-34-19-32-62-58-30-16-18-35-67(58)76-72(62)66)43-44-61(70(60)68)59-42-41-55(47-69(59)77)74(53-27-13-6-14-28-53)71-63(50-25-11-5-12-26-50)45-52(46-64(71)73)48-21-7-3-8-22-48/h3-47H,1-2H3. The van der Waals surface area contributed by atoms with Crippen molar-refractivity contribution in [2.45, 2.75) is 13.1 Å². The van der Waals surface area contributed by atoms with Crippen LogP contribution in [0.1, 0.15) is 0 Å². The minimum atomic E-state index is -2.41. The summed E-state index contributed by atoms with van der Waals surface area (Å²) in [6, 6.07) is 95.8. The van der Waals surface area contributed by atoms with Crippen molar-refractivity contribution in [3.05, 3.63) is 279 Å². The number of hydrogen-bond acceptors (Lipinski definition) is 3. The highest BCUT2D eigenvalue weighted by molar-refractivity contribution is 7.03. The van der Waals surface area contributed by atoms with Gasteiger partial charge in [-0.15, -0.1) is 0 Å². The normalized spacial score (nSPS) is 12.5. The zero-order valence-corrected chi connectivity index (χ0v) is 43.7. The highest BCUT2D eigenvalue weighted by atomic mass is 28.3. The summed E-state index contributed by atoms with van der Waals surface area (Å²) in [6.45, 7) is 4.94. The molecular weight excluding hydrogens is 956 g/mol. The Balaban J connectivity index is 0.890. The minimum Gasteiger partial charge on any atom is -0.454 e. The minimum absolute atomic E-state index is 0.285. The van der Waals surface area contributed by atoms with Gasteiger partial charge in [0.15, 0.2) is 5.58 Å². The van der Waals surface area contributed by atoms with Gasteiger partial charge in [-0.25, -0.2) is 4.39 Å². The first-order valence-electron chi connectivity index (χ1n) is 26.3. The molecule has 12 aromatic carbocycles. The Morgan fingerprint density at radius 3 is 1.64 bits per heavy atom.